The molecule has 0 radical (unpaired) electrons. The molecule has 3 heteroatoms. The van der Waals surface area contributed by atoms with E-state index in [1.807, 2.05) is 0 Å². The fourth-order valence-corrected chi connectivity index (χ4v) is 2.50. The van der Waals surface area contributed by atoms with Crippen LogP contribution in [0.3, 0.4) is 0 Å². The molecule has 0 fully saturated rings. The molecule has 120 valence electrons. The molecule has 0 aromatic heterocycles. The molecule has 0 aliphatic heterocycles. The predicted molar refractivity (Wildman–Crippen MR) is 90.9 cm³/mol. The molecular formula is C18H32N2O. The number of aryl methyl sites for hydroxylation is 2. The summed E-state index contributed by atoms with van der Waals surface area (Å²) >= 11 is 0. The molecule has 1 aromatic carbocycles. The van der Waals surface area contributed by atoms with E-state index in [9.17, 15) is 0 Å². The summed E-state index contributed by atoms with van der Waals surface area (Å²) in [5, 5.41) is 3.61. The van der Waals surface area contributed by atoms with Crippen molar-refractivity contribution in [3.05, 3.63) is 34.9 Å². The highest BCUT2D eigenvalue weighted by molar-refractivity contribution is 5.33. The van der Waals surface area contributed by atoms with Crippen molar-refractivity contribution in [1.29, 1.82) is 0 Å². The zero-order chi connectivity index (χ0) is 15.8. The highest BCUT2D eigenvalue weighted by Gasteiger charge is 2.15. The SMILES string of the molecule is CCNC(CN(C)CCOC(C)C)c1cc(C)ccc1C. The summed E-state index contributed by atoms with van der Waals surface area (Å²) in [6.45, 7) is 14.4. The molecule has 21 heavy (non-hydrogen) atoms. The highest BCUT2D eigenvalue weighted by atomic mass is 16.5. The summed E-state index contributed by atoms with van der Waals surface area (Å²) in [5.41, 5.74) is 4.09. The summed E-state index contributed by atoms with van der Waals surface area (Å²) < 4.78 is 5.64. The number of nitrogens with one attached hydrogen (secondary N) is 1. The number of likely N-dealkylation sites (N-methyl/N-ethyl adjacent to an activating group) is 2. The van der Waals surface area contributed by atoms with Crippen molar-refractivity contribution >= 4 is 0 Å². The van der Waals surface area contributed by atoms with Gasteiger partial charge in [-0.25, -0.2) is 0 Å². The Morgan fingerprint density at radius 2 is 1.95 bits per heavy atom. The van der Waals surface area contributed by atoms with Gasteiger partial charge in [0, 0.05) is 19.1 Å². The highest BCUT2D eigenvalue weighted by Crippen LogP contribution is 2.20. The van der Waals surface area contributed by atoms with E-state index in [2.05, 4.69) is 70.1 Å². The van der Waals surface area contributed by atoms with E-state index >= 15 is 0 Å². The maximum Gasteiger partial charge on any atom is 0.0596 e. The molecule has 0 aliphatic rings. The Kier molecular flexibility index (Phi) is 7.94. The van der Waals surface area contributed by atoms with E-state index in [0.29, 0.717) is 12.1 Å². The molecule has 0 heterocycles. The van der Waals surface area contributed by atoms with E-state index in [1.54, 1.807) is 0 Å². The lowest BCUT2D eigenvalue weighted by Gasteiger charge is -2.26. The minimum absolute atomic E-state index is 0.307. The summed E-state index contributed by atoms with van der Waals surface area (Å²) in [7, 11) is 2.17. The zero-order valence-corrected chi connectivity index (χ0v) is 14.6. The Balaban J connectivity index is 2.66. The van der Waals surface area contributed by atoms with Crippen molar-refractivity contribution in [3.8, 4) is 0 Å². The normalized spacial score (nSPS) is 13.1. The van der Waals surface area contributed by atoms with Gasteiger partial charge in [-0.1, -0.05) is 30.7 Å². The average Bonchev–Trinajstić information content (AvgIpc) is 2.40. The lowest BCUT2D eigenvalue weighted by Crippen LogP contribution is -2.35. The molecule has 1 unspecified atom stereocenters. The molecule has 1 atom stereocenters. The van der Waals surface area contributed by atoms with Crippen LogP contribution in [0.5, 0.6) is 0 Å². The third-order valence-corrected chi connectivity index (χ3v) is 3.68. The Labute approximate surface area is 130 Å². The van der Waals surface area contributed by atoms with Crippen LogP contribution in [0.15, 0.2) is 18.2 Å². The van der Waals surface area contributed by atoms with Crippen LogP contribution < -0.4 is 5.32 Å². The Hall–Kier alpha value is -0.900. The van der Waals surface area contributed by atoms with Gasteiger partial charge in [0.05, 0.1) is 12.7 Å². The lowest BCUT2D eigenvalue weighted by atomic mass is 9.98. The minimum atomic E-state index is 0.307. The molecule has 0 spiro atoms. The van der Waals surface area contributed by atoms with E-state index in [1.165, 1.54) is 16.7 Å². The first-order chi connectivity index (χ1) is 9.93. The van der Waals surface area contributed by atoms with Crippen molar-refractivity contribution in [1.82, 2.24) is 10.2 Å². The third kappa shape index (κ3) is 6.60. The van der Waals surface area contributed by atoms with E-state index in [-0.39, 0.29) is 0 Å². The van der Waals surface area contributed by atoms with Gasteiger partial charge in [0.15, 0.2) is 0 Å². The van der Waals surface area contributed by atoms with Gasteiger partial charge in [0.2, 0.25) is 0 Å². The Morgan fingerprint density at radius 1 is 1.24 bits per heavy atom. The number of ether oxygens (including phenoxy) is 1. The molecular weight excluding hydrogens is 260 g/mol. The van der Waals surface area contributed by atoms with Crippen LogP contribution >= 0.6 is 0 Å². The third-order valence-electron chi connectivity index (χ3n) is 3.68. The lowest BCUT2D eigenvalue weighted by molar-refractivity contribution is 0.0623. The molecule has 0 bridgehead atoms. The Bertz CT molecular complexity index is 418. The van der Waals surface area contributed by atoms with Gasteiger partial charge in [0.1, 0.15) is 0 Å². The van der Waals surface area contributed by atoms with Crippen molar-refractivity contribution in [3.63, 3.8) is 0 Å². The fourth-order valence-electron chi connectivity index (χ4n) is 2.50. The fraction of sp³-hybridized carbons (Fsp3) is 0.667. The van der Waals surface area contributed by atoms with E-state index in [4.69, 9.17) is 4.74 Å². The van der Waals surface area contributed by atoms with Crippen LogP contribution in [0.1, 0.15) is 43.5 Å². The number of hydrogen-bond donors (Lipinski definition) is 1. The average molecular weight is 292 g/mol. The number of rotatable bonds is 9. The first kappa shape index (κ1) is 18.1. The van der Waals surface area contributed by atoms with Gasteiger partial charge < -0.3 is 15.0 Å². The molecule has 0 saturated carbocycles. The van der Waals surface area contributed by atoms with Gasteiger partial charge in [0.25, 0.3) is 0 Å². The van der Waals surface area contributed by atoms with Crippen LogP contribution in [-0.2, 0) is 4.74 Å². The maximum atomic E-state index is 5.64. The van der Waals surface area contributed by atoms with Crippen molar-refractivity contribution in [2.24, 2.45) is 0 Å². The molecule has 0 amide bonds. The summed E-state index contributed by atoms with van der Waals surface area (Å²) in [6.07, 6.45) is 0.307. The summed E-state index contributed by atoms with van der Waals surface area (Å²) in [6, 6.07) is 7.08. The minimum Gasteiger partial charge on any atom is -0.377 e. The van der Waals surface area contributed by atoms with Crippen molar-refractivity contribution in [2.75, 3.05) is 33.3 Å². The largest absolute Gasteiger partial charge is 0.377 e. The van der Waals surface area contributed by atoms with Gasteiger partial charge in [-0.15, -0.1) is 0 Å². The van der Waals surface area contributed by atoms with Gasteiger partial charge in [-0.2, -0.15) is 0 Å². The maximum absolute atomic E-state index is 5.64. The standard InChI is InChI=1S/C18H32N2O/c1-7-19-18(13-20(6)10-11-21-14(2)3)17-12-15(4)8-9-16(17)5/h8-9,12,14,18-19H,7,10-11,13H2,1-6H3. The second-order valence-corrected chi connectivity index (χ2v) is 6.15. The number of hydrogen-bond acceptors (Lipinski definition) is 3. The van der Waals surface area contributed by atoms with Gasteiger partial charge in [-0.05, 0) is 52.4 Å². The molecule has 1 N–H and O–H groups in total. The van der Waals surface area contributed by atoms with Crippen molar-refractivity contribution in [2.45, 2.75) is 46.8 Å². The summed E-state index contributed by atoms with van der Waals surface area (Å²) in [4.78, 5) is 2.34. The van der Waals surface area contributed by atoms with Crippen LogP contribution in [0.2, 0.25) is 0 Å². The second kappa shape index (κ2) is 9.19. The smallest absolute Gasteiger partial charge is 0.0596 e. The van der Waals surface area contributed by atoms with E-state index in [0.717, 1.165) is 26.2 Å². The van der Waals surface area contributed by atoms with Crippen LogP contribution in [0.4, 0.5) is 0 Å². The predicted octanol–water partition coefficient (Wildman–Crippen LogP) is 3.31. The van der Waals surface area contributed by atoms with E-state index < -0.39 is 0 Å². The molecule has 0 saturated heterocycles. The van der Waals surface area contributed by atoms with Gasteiger partial charge in [-0.3, -0.25) is 0 Å². The quantitative estimate of drug-likeness (QED) is 0.756. The molecule has 1 rings (SSSR count). The number of nitrogens with zero attached hydrogens (tertiary/aromatic N) is 1. The second-order valence-electron chi connectivity index (χ2n) is 6.15. The summed E-state index contributed by atoms with van der Waals surface area (Å²) in [5.74, 6) is 0. The van der Waals surface area contributed by atoms with Crippen LogP contribution in [0.25, 0.3) is 0 Å². The number of benzene rings is 1. The molecule has 3 nitrogen and oxygen atoms in total. The topological polar surface area (TPSA) is 24.5 Å². The first-order valence-corrected chi connectivity index (χ1v) is 8.04. The van der Waals surface area contributed by atoms with Gasteiger partial charge >= 0.3 is 0 Å². The molecule has 0 aliphatic carbocycles. The zero-order valence-electron chi connectivity index (χ0n) is 14.6. The monoisotopic (exact) mass is 292 g/mol. The van der Waals surface area contributed by atoms with Crippen LogP contribution in [-0.4, -0.2) is 44.3 Å². The van der Waals surface area contributed by atoms with Crippen LogP contribution in [0, 0.1) is 13.8 Å². The first-order valence-electron chi connectivity index (χ1n) is 8.04. The Morgan fingerprint density at radius 3 is 2.57 bits per heavy atom. The van der Waals surface area contributed by atoms with Crippen molar-refractivity contribution < 1.29 is 4.74 Å². The molecule has 1 aromatic rings.